The summed E-state index contributed by atoms with van der Waals surface area (Å²) < 4.78 is 0. The fourth-order valence-electron chi connectivity index (χ4n) is 1.95. The van der Waals surface area contributed by atoms with Gasteiger partial charge in [0.2, 0.25) is 0 Å². The summed E-state index contributed by atoms with van der Waals surface area (Å²) in [6.45, 7) is 2.65. The molecule has 2 rings (SSSR count). The SMILES string of the molecule is CCCN(CC#N)C(=O)c1ccc2ccccc2n1. The Morgan fingerprint density at radius 1 is 1.32 bits per heavy atom. The first-order valence-corrected chi connectivity index (χ1v) is 6.28. The lowest BCUT2D eigenvalue weighted by molar-refractivity contribution is 0.0770. The topological polar surface area (TPSA) is 57.0 Å². The van der Waals surface area contributed by atoms with Gasteiger partial charge >= 0.3 is 0 Å². The third kappa shape index (κ3) is 2.89. The van der Waals surface area contributed by atoms with Crippen molar-refractivity contribution < 1.29 is 4.79 Å². The minimum absolute atomic E-state index is 0.0984. The van der Waals surface area contributed by atoms with E-state index in [1.54, 1.807) is 6.07 Å². The highest BCUT2D eigenvalue weighted by Crippen LogP contribution is 2.13. The summed E-state index contributed by atoms with van der Waals surface area (Å²) in [5, 5.41) is 9.77. The predicted octanol–water partition coefficient (Wildman–Crippen LogP) is 2.61. The summed E-state index contributed by atoms with van der Waals surface area (Å²) in [6, 6.07) is 13.3. The molecule has 0 N–H and O–H groups in total. The Balaban J connectivity index is 2.32. The lowest BCUT2D eigenvalue weighted by Crippen LogP contribution is -2.32. The average Bonchev–Trinajstić information content (AvgIpc) is 2.46. The first-order valence-electron chi connectivity index (χ1n) is 6.28. The van der Waals surface area contributed by atoms with Gasteiger partial charge in [0.1, 0.15) is 12.2 Å². The third-order valence-corrected chi connectivity index (χ3v) is 2.86. The lowest BCUT2D eigenvalue weighted by atomic mass is 10.2. The smallest absolute Gasteiger partial charge is 0.273 e. The number of aromatic nitrogens is 1. The zero-order valence-corrected chi connectivity index (χ0v) is 10.8. The van der Waals surface area contributed by atoms with Gasteiger partial charge in [-0.25, -0.2) is 4.98 Å². The number of carbonyl (C=O) groups is 1. The second-order valence-corrected chi connectivity index (χ2v) is 4.27. The maximum atomic E-state index is 12.3. The first kappa shape index (κ1) is 13.0. The Labute approximate surface area is 112 Å². The summed E-state index contributed by atoms with van der Waals surface area (Å²) in [4.78, 5) is 18.2. The highest BCUT2D eigenvalue weighted by Gasteiger charge is 2.16. The molecule has 0 fully saturated rings. The molecular formula is C15H15N3O. The van der Waals surface area contributed by atoms with Crippen molar-refractivity contribution in [1.29, 1.82) is 5.26 Å². The molecule has 0 spiro atoms. The van der Waals surface area contributed by atoms with E-state index < -0.39 is 0 Å². The van der Waals surface area contributed by atoms with Crippen molar-refractivity contribution in [2.24, 2.45) is 0 Å². The van der Waals surface area contributed by atoms with E-state index in [-0.39, 0.29) is 12.5 Å². The van der Waals surface area contributed by atoms with Crippen molar-refractivity contribution in [3.63, 3.8) is 0 Å². The third-order valence-electron chi connectivity index (χ3n) is 2.86. The number of fused-ring (bicyclic) bond motifs is 1. The molecule has 4 heteroatoms. The molecule has 0 saturated heterocycles. The maximum Gasteiger partial charge on any atom is 0.273 e. The van der Waals surface area contributed by atoms with E-state index in [4.69, 9.17) is 5.26 Å². The molecule has 0 radical (unpaired) electrons. The van der Waals surface area contributed by atoms with E-state index in [1.807, 2.05) is 43.3 Å². The standard InChI is InChI=1S/C15H15N3O/c1-2-10-18(11-9-16)15(19)14-8-7-12-5-3-4-6-13(12)17-14/h3-8H,2,10-11H2,1H3. The molecule has 0 bridgehead atoms. The van der Waals surface area contributed by atoms with Gasteiger partial charge in [0.25, 0.3) is 5.91 Å². The highest BCUT2D eigenvalue weighted by molar-refractivity contribution is 5.95. The van der Waals surface area contributed by atoms with Gasteiger partial charge < -0.3 is 4.90 Å². The molecular weight excluding hydrogens is 238 g/mol. The van der Waals surface area contributed by atoms with Crippen molar-refractivity contribution in [2.75, 3.05) is 13.1 Å². The van der Waals surface area contributed by atoms with E-state index >= 15 is 0 Å². The van der Waals surface area contributed by atoms with E-state index in [1.165, 1.54) is 4.90 Å². The van der Waals surface area contributed by atoms with Crippen LogP contribution in [-0.4, -0.2) is 28.9 Å². The molecule has 1 aromatic heterocycles. The molecule has 1 aromatic carbocycles. The van der Waals surface area contributed by atoms with Crippen LogP contribution in [0, 0.1) is 11.3 Å². The number of nitrogens with zero attached hydrogens (tertiary/aromatic N) is 3. The van der Waals surface area contributed by atoms with Gasteiger partial charge in [0, 0.05) is 11.9 Å². The van der Waals surface area contributed by atoms with Crippen LogP contribution in [0.5, 0.6) is 0 Å². The van der Waals surface area contributed by atoms with Crippen LogP contribution in [0.25, 0.3) is 10.9 Å². The normalized spacial score (nSPS) is 10.1. The monoisotopic (exact) mass is 253 g/mol. The van der Waals surface area contributed by atoms with Gasteiger partial charge in [-0.15, -0.1) is 0 Å². The second-order valence-electron chi connectivity index (χ2n) is 4.27. The molecule has 19 heavy (non-hydrogen) atoms. The molecule has 0 aliphatic rings. The van der Waals surface area contributed by atoms with Crippen molar-refractivity contribution in [2.45, 2.75) is 13.3 Å². The maximum absolute atomic E-state index is 12.3. The van der Waals surface area contributed by atoms with Gasteiger partial charge in [-0.2, -0.15) is 5.26 Å². The molecule has 4 nitrogen and oxygen atoms in total. The molecule has 0 aliphatic heterocycles. The van der Waals surface area contributed by atoms with E-state index in [2.05, 4.69) is 4.98 Å². The number of benzene rings is 1. The minimum Gasteiger partial charge on any atom is -0.324 e. The van der Waals surface area contributed by atoms with Crippen LogP contribution in [0.1, 0.15) is 23.8 Å². The van der Waals surface area contributed by atoms with Crippen LogP contribution in [0.3, 0.4) is 0 Å². The van der Waals surface area contributed by atoms with Crippen LogP contribution >= 0.6 is 0 Å². The average molecular weight is 253 g/mol. The Bertz CT molecular complexity index is 631. The van der Waals surface area contributed by atoms with Crippen molar-refractivity contribution in [1.82, 2.24) is 9.88 Å². The van der Waals surface area contributed by atoms with Crippen molar-refractivity contribution in [3.8, 4) is 6.07 Å². The Kier molecular flexibility index (Phi) is 4.09. The van der Waals surface area contributed by atoms with E-state index in [9.17, 15) is 4.79 Å². The zero-order chi connectivity index (χ0) is 13.7. The fraction of sp³-hybridized carbons (Fsp3) is 0.267. The van der Waals surface area contributed by atoms with Crippen molar-refractivity contribution in [3.05, 3.63) is 42.1 Å². The molecule has 1 heterocycles. The summed E-state index contributed by atoms with van der Waals surface area (Å²) in [7, 11) is 0. The number of carbonyl (C=O) groups excluding carboxylic acids is 1. The number of hydrogen-bond donors (Lipinski definition) is 0. The van der Waals surface area contributed by atoms with Crippen LogP contribution in [0.4, 0.5) is 0 Å². The summed E-state index contributed by atoms with van der Waals surface area (Å²) in [6.07, 6.45) is 0.820. The largest absolute Gasteiger partial charge is 0.324 e. The lowest BCUT2D eigenvalue weighted by Gasteiger charge is -2.18. The quantitative estimate of drug-likeness (QED) is 0.787. The molecule has 2 aromatic rings. The second kappa shape index (κ2) is 5.96. The number of para-hydroxylation sites is 1. The van der Waals surface area contributed by atoms with Crippen LogP contribution in [0.2, 0.25) is 0 Å². The number of amides is 1. The van der Waals surface area contributed by atoms with E-state index in [0.717, 1.165) is 17.3 Å². The van der Waals surface area contributed by atoms with Gasteiger partial charge in [0.15, 0.2) is 0 Å². The number of rotatable bonds is 4. The fourth-order valence-corrected chi connectivity index (χ4v) is 1.95. The molecule has 96 valence electrons. The predicted molar refractivity (Wildman–Crippen MR) is 73.6 cm³/mol. The van der Waals surface area contributed by atoms with Gasteiger partial charge in [-0.3, -0.25) is 4.79 Å². The zero-order valence-electron chi connectivity index (χ0n) is 10.8. The number of pyridine rings is 1. The van der Waals surface area contributed by atoms with Gasteiger partial charge in [0.05, 0.1) is 11.6 Å². The molecule has 0 unspecified atom stereocenters. The minimum atomic E-state index is -0.186. The highest BCUT2D eigenvalue weighted by atomic mass is 16.2. The van der Waals surface area contributed by atoms with E-state index in [0.29, 0.717) is 12.2 Å². The molecule has 0 aliphatic carbocycles. The summed E-state index contributed by atoms with van der Waals surface area (Å²) in [5.41, 5.74) is 1.18. The molecule has 0 saturated carbocycles. The van der Waals surface area contributed by atoms with Crippen LogP contribution in [-0.2, 0) is 0 Å². The molecule has 0 atom stereocenters. The number of nitriles is 1. The van der Waals surface area contributed by atoms with Crippen LogP contribution in [0.15, 0.2) is 36.4 Å². The first-order chi connectivity index (χ1) is 9.26. The Morgan fingerprint density at radius 2 is 2.11 bits per heavy atom. The Morgan fingerprint density at radius 3 is 2.84 bits per heavy atom. The van der Waals surface area contributed by atoms with Crippen molar-refractivity contribution >= 4 is 16.8 Å². The Hall–Kier alpha value is -2.41. The van der Waals surface area contributed by atoms with Crippen LogP contribution < -0.4 is 0 Å². The summed E-state index contributed by atoms with van der Waals surface area (Å²) >= 11 is 0. The number of hydrogen-bond acceptors (Lipinski definition) is 3. The van der Waals surface area contributed by atoms with Gasteiger partial charge in [-0.05, 0) is 18.6 Å². The molecule has 1 amide bonds. The summed E-state index contributed by atoms with van der Waals surface area (Å²) in [5.74, 6) is -0.186. The van der Waals surface area contributed by atoms with Gasteiger partial charge in [-0.1, -0.05) is 31.2 Å².